The van der Waals surface area contributed by atoms with Crippen LogP contribution >= 0.6 is 0 Å². The molecule has 4 nitrogen and oxygen atoms in total. The largest absolute Gasteiger partial charge is 0.378 e. The highest BCUT2D eigenvalue weighted by Crippen LogP contribution is 2.14. The number of ketones is 1. The van der Waals surface area contributed by atoms with Crippen LogP contribution in [0.1, 0.15) is 17.3 Å². The summed E-state index contributed by atoms with van der Waals surface area (Å²) in [6.07, 6.45) is 1.68. The minimum Gasteiger partial charge on any atom is -0.378 e. The van der Waals surface area contributed by atoms with Crippen LogP contribution in [0.4, 0.5) is 5.82 Å². The van der Waals surface area contributed by atoms with Crippen LogP contribution in [0.2, 0.25) is 0 Å². The van der Waals surface area contributed by atoms with Gasteiger partial charge in [0.15, 0.2) is 5.78 Å². The van der Waals surface area contributed by atoms with E-state index in [4.69, 9.17) is 4.74 Å². The van der Waals surface area contributed by atoms with Crippen LogP contribution in [0.3, 0.4) is 0 Å². The normalized spacial score (nSPS) is 16.5. The molecule has 80 valence electrons. The summed E-state index contributed by atoms with van der Waals surface area (Å²) in [5, 5.41) is 0. The number of carbonyl (C=O) groups excluding carboxylic acids is 1. The maximum atomic E-state index is 11.2. The van der Waals surface area contributed by atoms with E-state index in [1.54, 1.807) is 19.2 Å². The second-order valence-corrected chi connectivity index (χ2v) is 3.56. The van der Waals surface area contributed by atoms with E-state index >= 15 is 0 Å². The zero-order valence-electron chi connectivity index (χ0n) is 8.77. The van der Waals surface area contributed by atoms with Crippen molar-refractivity contribution in [3.63, 3.8) is 0 Å². The first-order chi connectivity index (χ1) is 7.27. The molecule has 0 N–H and O–H groups in total. The lowest BCUT2D eigenvalue weighted by Crippen LogP contribution is -2.36. The van der Waals surface area contributed by atoms with E-state index < -0.39 is 0 Å². The van der Waals surface area contributed by atoms with Crippen molar-refractivity contribution in [2.45, 2.75) is 6.92 Å². The van der Waals surface area contributed by atoms with Gasteiger partial charge in [-0.1, -0.05) is 0 Å². The SMILES string of the molecule is CC(=O)c1ccnc(N2CCOCC2)c1. The standard InChI is InChI=1S/C11H14N2O2/c1-9(14)10-2-3-12-11(8-10)13-4-6-15-7-5-13/h2-3,8H,4-7H2,1H3. The molecule has 1 aliphatic heterocycles. The van der Waals surface area contributed by atoms with Crippen molar-refractivity contribution in [3.05, 3.63) is 23.9 Å². The smallest absolute Gasteiger partial charge is 0.159 e. The highest BCUT2D eigenvalue weighted by molar-refractivity contribution is 5.94. The molecule has 0 spiro atoms. The lowest BCUT2D eigenvalue weighted by molar-refractivity contribution is 0.101. The Morgan fingerprint density at radius 2 is 2.20 bits per heavy atom. The van der Waals surface area contributed by atoms with Crippen molar-refractivity contribution in [2.75, 3.05) is 31.2 Å². The molecule has 0 saturated carbocycles. The van der Waals surface area contributed by atoms with Crippen molar-refractivity contribution < 1.29 is 9.53 Å². The van der Waals surface area contributed by atoms with Crippen LogP contribution in [-0.4, -0.2) is 37.1 Å². The summed E-state index contributed by atoms with van der Waals surface area (Å²) in [6.45, 7) is 4.71. The number of pyridine rings is 1. The molecule has 0 aliphatic carbocycles. The Kier molecular flexibility index (Phi) is 2.97. The number of anilines is 1. The van der Waals surface area contributed by atoms with Crippen molar-refractivity contribution in [3.8, 4) is 0 Å². The van der Waals surface area contributed by atoms with E-state index in [9.17, 15) is 4.79 Å². The number of nitrogens with zero attached hydrogens (tertiary/aromatic N) is 2. The van der Waals surface area contributed by atoms with Crippen molar-refractivity contribution >= 4 is 11.6 Å². The lowest BCUT2D eigenvalue weighted by atomic mass is 10.2. The topological polar surface area (TPSA) is 42.4 Å². The average Bonchev–Trinajstić information content (AvgIpc) is 2.30. The fraction of sp³-hybridized carbons (Fsp3) is 0.455. The lowest BCUT2D eigenvalue weighted by Gasteiger charge is -2.27. The summed E-state index contributed by atoms with van der Waals surface area (Å²) in [6, 6.07) is 3.58. The second-order valence-electron chi connectivity index (χ2n) is 3.56. The molecule has 0 atom stereocenters. The van der Waals surface area contributed by atoms with Gasteiger partial charge >= 0.3 is 0 Å². The van der Waals surface area contributed by atoms with E-state index in [0.717, 1.165) is 32.1 Å². The molecule has 1 saturated heterocycles. The summed E-state index contributed by atoms with van der Waals surface area (Å²) >= 11 is 0. The van der Waals surface area contributed by atoms with Gasteiger partial charge in [-0.3, -0.25) is 4.79 Å². The summed E-state index contributed by atoms with van der Waals surface area (Å²) in [7, 11) is 0. The number of rotatable bonds is 2. The van der Waals surface area contributed by atoms with Gasteiger partial charge in [-0.2, -0.15) is 0 Å². The maximum absolute atomic E-state index is 11.2. The maximum Gasteiger partial charge on any atom is 0.159 e. The zero-order chi connectivity index (χ0) is 10.7. The van der Waals surface area contributed by atoms with Crippen molar-refractivity contribution in [2.24, 2.45) is 0 Å². The molecule has 1 aliphatic rings. The number of ether oxygens (including phenoxy) is 1. The highest BCUT2D eigenvalue weighted by atomic mass is 16.5. The van der Waals surface area contributed by atoms with Crippen LogP contribution in [-0.2, 0) is 4.74 Å². The third kappa shape index (κ3) is 2.33. The molecular weight excluding hydrogens is 192 g/mol. The third-order valence-electron chi connectivity index (χ3n) is 2.49. The minimum atomic E-state index is 0.0758. The van der Waals surface area contributed by atoms with Crippen molar-refractivity contribution in [1.29, 1.82) is 0 Å². The highest BCUT2D eigenvalue weighted by Gasteiger charge is 2.13. The van der Waals surface area contributed by atoms with E-state index in [0.29, 0.717) is 5.56 Å². The predicted octanol–water partition coefficient (Wildman–Crippen LogP) is 1.12. The first-order valence-corrected chi connectivity index (χ1v) is 5.07. The number of morpholine rings is 1. The Hall–Kier alpha value is -1.42. The molecule has 4 heteroatoms. The van der Waals surface area contributed by atoms with Crippen LogP contribution in [0, 0.1) is 0 Å². The van der Waals surface area contributed by atoms with Crippen LogP contribution in [0.5, 0.6) is 0 Å². The van der Waals surface area contributed by atoms with Gasteiger partial charge in [-0.05, 0) is 19.1 Å². The molecule has 2 heterocycles. The monoisotopic (exact) mass is 206 g/mol. The fourth-order valence-corrected chi connectivity index (χ4v) is 1.60. The number of Topliss-reactive ketones (excluding diaryl/α,β-unsaturated/α-hetero) is 1. The Morgan fingerprint density at radius 3 is 2.87 bits per heavy atom. The summed E-state index contributed by atoms with van der Waals surface area (Å²) < 4.78 is 5.26. The predicted molar refractivity (Wildman–Crippen MR) is 57.3 cm³/mol. The second kappa shape index (κ2) is 4.40. The van der Waals surface area contributed by atoms with Gasteiger partial charge in [-0.15, -0.1) is 0 Å². The van der Waals surface area contributed by atoms with Gasteiger partial charge in [0.2, 0.25) is 0 Å². The Bertz CT molecular complexity index is 359. The van der Waals surface area contributed by atoms with Gasteiger partial charge in [0, 0.05) is 24.8 Å². The molecule has 15 heavy (non-hydrogen) atoms. The summed E-state index contributed by atoms with van der Waals surface area (Å²) in [4.78, 5) is 17.6. The Morgan fingerprint density at radius 1 is 1.47 bits per heavy atom. The number of hydrogen-bond acceptors (Lipinski definition) is 4. The molecule has 1 aromatic heterocycles. The molecule has 1 aromatic rings. The average molecular weight is 206 g/mol. The minimum absolute atomic E-state index is 0.0758. The molecule has 0 bridgehead atoms. The van der Waals surface area contributed by atoms with E-state index in [2.05, 4.69) is 9.88 Å². The third-order valence-corrected chi connectivity index (χ3v) is 2.49. The van der Waals surface area contributed by atoms with Crippen LogP contribution in [0.15, 0.2) is 18.3 Å². The molecule has 0 radical (unpaired) electrons. The van der Waals surface area contributed by atoms with E-state index in [1.807, 2.05) is 6.07 Å². The van der Waals surface area contributed by atoms with E-state index in [-0.39, 0.29) is 5.78 Å². The summed E-state index contributed by atoms with van der Waals surface area (Å²) in [5.74, 6) is 0.943. The first kappa shape index (κ1) is 10.1. The summed E-state index contributed by atoms with van der Waals surface area (Å²) in [5.41, 5.74) is 0.714. The first-order valence-electron chi connectivity index (χ1n) is 5.07. The van der Waals surface area contributed by atoms with Crippen molar-refractivity contribution in [1.82, 2.24) is 4.98 Å². The molecule has 1 fully saturated rings. The quantitative estimate of drug-likeness (QED) is 0.680. The molecule has 0 amide bonds. The number of aromatic nitrogens is 1. The van der Waals surface area contributed by atoms with Crippen LogP contribution < -0.4 is 4.90 Å². The molecule has 0 unspecified atom stereocenters. The Balaban J connectivity index is 2.19. The van der Waals surface area contributed by atoms with Gasteiger partial charge in [-0.25, -0.2) is 4.98 Å². The number of hydrogen-bond donors (Lipinski definition) is 0. The van der Waals surface area contributed by atoms with Crippen LogP contribution in [0.25, 0.3) is 0 Å². The molecule has 2 rings (SSSR count). The fourth-order valence-electron chi connectivity index (χ4n) is 1.60. The zero-order valence-corrected chi connectivity index (χ0v) is 8.77. The molecule has 0 aromatic carbocycles. The Labute approximate surface area is 88.9 Å². The van der Waals surface area contributed by atoms with Gasteiger partial charge in [0.1, 0.15) is 5.82 Å². The van der Waals surface area contributed by atoms with Gasteiger partial charge in [0.05, 0.1) is 13.2 Å². The van der Waals surface area contributed by atoms with E-state index in [1.165, 1.54) is 0 Å². The van der Waals surface area contributed by atoms with Gasteiger partial charge < -0.3 is 9.64 Å². The number of carbonyl (C=O) groups is 1. The molecular formula is C11H14N2O2. The van der Waals surface area contributed by atoms with Gasteiger partial charge in [0.25, 0.3) is 0 Å².